The molecule has 0 aliphatic heterocycles. The fourth-order valence-corrected chi connectivity index (χ4v) is 2.85. The van der Waals surface area contributed by atoms with Crippen LogP contribution >= 0.6 is 0 Å². The number of nitrogens with one attached hydrogen (secondary N) is 1. The van der Waals surface area contributed by atoms with Crippen LogP contribution in [0.1, 0.15) is 42.2 Å². The Balaban J connectivity index is 2.11. The van der Waals surface area contributed by atoms with Crippen LogP contribution in [-0.4, -0.2) is 56.3 Å². The average Bonchev–Trinajstić information content (AvgIpc) is 3.21. The Morgan fingerprint density at radius 3 is 2.69 bits per heavy atom. The first-order chi connectivity index (χ1) is 14.0. The molecule has 0 aliphatic rings. The monoisotopic (exact) mass is 405 g/mol. The summed E-state index contributed by atoms with van der Waals surface area (Å²) in [6.45, 7) is 6.29. The summed E-state index contributed by atoms with van der Waals surface area (Å²) in [4.78, 5) is 18.7. The van der Waals surface area contributed by atoms with Gasteiger partial charge in [-0.1, -0.05) is 13.0 Å². The third-order valence-corrected chi connectivity index (χ3v) is 4.80. The molecule has 2 rings (SSSR count). The SMILES string of the molecule is CCC(C)N(Cc1nc(C(=O)NCCOC)co1)Cc1ccc(OC)cc1OC. The number of carbonyl (C=O) groups excluding carboxylic acids is 1. The van der Waals surface area contributed by atoms with Gasteiger partial charge in [0.15, 0.2) is 5.69 Å². The van der Waals surface area contributed by atoms with Crippen molar-refractivity contribution >= 4 is 5.91 Å². The second-order valence-electron chi connectivity index (χ2n) is 6.72. The van der Waals surface area contributed by atoms with Gasteiger partial charge in [0.25, 0.3) is 5.91 Å². The number of ether oxygens (including phenoxy) is 3. The lowest BCUT2D eigenvalue weighted by molar-refractivity contribution is 0.0932. The molecule has 1 atom stereocenters. The minimum absolute atomic E-state index is 0.266. The molecule has 0 saturated heterocycles. The summed E-state index contributed by atoms with van der Waals surface area (Å²) < 4.78 is 21.3. The van der Waals surface area contributed by atoms with E-state index in [-0.39, 0.29) is 17.6 Å². The number of oxazole rings is 1. The normalized spacial score (nSPS) is 12.1. The molecule has 1 amide bonds. The molecule has 0 aliphatic carbocycles. The molecule has 1 unspecified atom stereocenters. The summed E-state index contributed by atoms with van der Waals surface area (Å²) in [6, 6.07) is 6.07. The first kappa shape index (κ1) is 22.7. The van der Waals surface area contributed by atoms with Crippen LogP contribution in [0.15, 0.2) is 28.9 Å². The molecule has 0 radical (unpaired) electrons. The van der Waals surface area contributed by atoms with Crippen molar-refractivity contribution in [1.82, 2.24) is 15.2 Å². The van der Waals surface area contributed by atoms with Crippen LogP contribution in [-0.2, 0) is 17.8 Å². The van der Waals surface area contributed by atoms with E-state index in [1.165, 1.54) is 6.26 Å². The van der Waals surface area contributed by atoms with Crippen LogP contribution in [0.25, 0.3) is 0 Å². The van der Waals surface area contributed by atoms with E-state index in [1.54, 1.807) is 21.3 Å². The highest BCUT2D eigenvalue weighted by Crippen LogP contribution is 2.27. The Labute approximate surface area is 172 Å². The van der Waals surface area contributed by atoms with Crippen molar-refractivity contribution in [3.8, 4) is 11.5 Å². The lowest BCUT2D eigenvalue weighted by atomic mass is 10.1. The van der Waals surface area contributed by atoms with Crippen LogP contribution in [0.4, 0.5) is 0 Å². The third-order valence-electron chi connectivity index (χ3n) is 4.80. The molecular weight excluding hydrogens is 374 g/mol. The van der Waals surface area contributed by atoms with Gasteiger partial charge in [0.05, 0.1) is 27.4 Å². The van der Waals surface area contributed by atoms with E-state index in [0.717, 1.165) is 23.5 Å². The summed E-state index contributed by atoms with van der Waals surface area (Å²) in [5.74, 6) is 1.74. The molecule has 0 fully saturated rings. The molecule has 0 saturated carbocycles. The maximum Gasteiger partial charge on any atom is 0.273 e. The Hall–Kier alpha value is -2.58. The quantitative estimate of drug-likeness (QED) is 0.543. The Bertz CT molecular complexity index is 777. The Morgan fingerprint density at radius 2 is 2.03 bits per heavy atom. The van der Waals surface area contributed by atoms with Crippen LogP contribution < -0.4 is 14.8 Å². The smallest absolute Gasteiger partial charge is 0.273 e. The van der Waals surface area contributed by atoms with Gasteiger partial charge in [0.1, 0.15) is 17.8 Å². The van der Waals surface area contributed by atoms with Gasteiger partial charge in [-0.2, -0.15) is 0 Å². The molecule has 8 heteroatoms. The minimum atomic E-state index is -0.274. The van der Waals surface area contributed by atoms with E-state index in [2.05, 4.69) is 29.0 Å². The number of amides is 1. The highest BCUT2D eigenvalue weighted by atomic mass is 16.5. The Morgan fingerprint density at radius 1 is 1.24 bits per heavy atom. The molecule has 1 aromatic carbocycles. The van der Waals surface area contributed by atoms with Crippen molar-refractivity contribution < 1.29 is 23.4 Å². The maximum absolute atomic E-state index is 12.1. The van der Waals surface area contributed by atoms with Crippen molar-refractivity contribution in [2.75, 3.05) is 34.5 Å². The maximum atomic E-state index is 12.1. The number of methoxy groups -OCH3 is 3. The molecule has 1 aromatic heterocycles. The lowest BCUT2D eigenvalue weighted by Crippen LogP contribution is -2.32. The fourth-order valence-electron chi connectivity index (χ4n) is 2.85. The Kier molecular flexibility index (Phi) is 8.95. The molecule has 1 N–H and O–H groups in total. The largest absolute Gasteiger partial charge is 0.497 e. The summed E-state index contributed by atoms with van der Waals surface area (Å²) in [5.41, 5.74) is 1.31. The predicted molar refractivity (Wildman–Crippen MR) is 109 cm³/mol. The van der Waals surface area contributed by atoms with Crippen molar-refractivity contribution in [3.63, 3.8) is 0 Å². The number of rotatable bonds is 12. The van der Waals surface area contributed by atoms with Gasteiger partial charge in [-0.05, 0) is 19.4 Å². The molecule has 160 valence electrons. The fraction of sp³-hybridized carbons (Fsp3) is 0.524. The number of nitrogens with zero attached hydrogens (tertiary/aromatic N) is 2. The van der Waals surface area contributed by atoms with Crippen molar-refractivity contribution in [2.24, 2.45) is 0 Å². The van der Waals surface area contributed by atoms with E-state index in [0.29, 0.717) is 32.1 Å². The van der Waals surface area contributed by atoms with Gasteiger partial charge in [-0.15, -0.1) is 0 Å². The van der Waals surface area contributed by atoms with E-state index in [1.807, 2.05) is 18.2 Å². The zero-order chi connectivity index (χ0) is 21.2. The second kappa shape index (κ2) is 11.4. The predicted octanol–water partition coefficient (Wildman–Crippen LogP) is 2.87. The highest BCUT2D eigenvalue weighted by Gasteiger charge is 2.20. The third kappa shape index (κ3) is 6.47. The molecule has 1 heterocycles. The van der Waals surface area contributed by atoms with Gasteiger partial charge in [0, 0.05) is 37.9 Å². The number of hydrogen-bond acceptors (Lipinski definition) is 7. The summed E-state index contributed by atoms with van der Waals surface area (Å²) in [6.07, 6.45) is 2.35. The lowest BCUT2D eigenvalue weighted by Gasteiger charge is -2.27. The molecular formula is C21H31N3O5. The molecule has 29 heavy (non-hydrogen) atoms. The first-order valence-corrected chi connectivity index (χ1v) is 9.68. The molecule has 2 aromatic rings. The number of aromatic nitrogens is 1. The van der Waals surface area contributed by atoms with E-state index < -0.39 is 0 Å². The van der Waals surface area contributed by atoms with Gasteiger partial charge >= 0.3 is 0 Å². The van der Waals surface area contributed by atoms with Gasteiger partial charge in [-0.3, -0.25) is 9.69 Å². The molecule has 0 bridgehead atoms. The highest BCUT2D eigenvalue weighted by molar-refractivity contribution is 5.91. The van der Waals surface area contributed by atoms with E-state index in [9.17, 15) is 4.79 Å². The van der Waals surface area contributed by atoms with Crippen molar-refractivity contribution in [3.05, 3.63) is 41.6 Å². The molecule has 0 spiro atoms. The summed E-state index contributed by atoms with van der Waals surface area (Å²) in [5, 5.41) is 2.74. The van der Waals surface area contributed by atoms with E-state index >= 15 is 0 Å². The topological polar surface area (TPSA) is 86.1 Å². The van der Waals surface area contributed by atoms with Crippen LogP contribution in [0.5, 0.6) is 11.5 Å². The zero-order valence-corrected chi connectivity index (χ0v) is 17.9. The zero-order valence-electron chi connectivity index (χ0n) is 17.9. The number of carbonyl (C=O) groups is 1. The number of benzene rings is 1. The van der Waals surface area contributed by atoms with Crippen molar-refractivity contribution in [2.45, 2.75) is 39.4 Å². The van der Waals surface area contributed by atoms with Crippen molar-refractivity contribution in [1.29, 1.82) is 0 Å². The van der Waals surface area contributed by atoms with Gasteiger partial charge < -0.3 is 23.9 Å². The summed E-state index contributed by atoms with van der Waals surface area (Å²) in [7, 11) is 4.86. The standard InChI is InChI=1S/C21H31N3O5/c1-6-15(2)24(12-16-7-8-17(27-4)11-19(16)28-5)13-20-23-18(14-29-20)21(25)22-9-10-26-3/h7-8,11,14-15H,6,9-10,12-13H2,1-5H3,(H,22,25). The molecule has 8 nitrogen and oxygen atoms in total. The van der Waals surface area contributed by atoms with Crippen LogP contribution in [0.3, 0.4) is 0 Å². The van der Waals surface area contributed by atoms with Gasteiger partial charge in [-0.25, -0.2) is 4.98 Å². The van der Waals surface area contributed by atoms with E-state index in [4.69, 9.17) is 18.6 Å². The average molecular weight is 405 g/mol. The second-order valence-corrected chi connectivity index (χ2v) is 6.72. The van der Waals surface area contributed by atoms with Crippen LogP contribution in [0.2, 0.25) is 0 Å². The minimum Gasteiger partial charge on any atom is -0.497 e. The summed E-state index contributed by atoms with van der Waals surface area (Å²) >= 11 is 0. The number of hydrogen-bond donors (Lipinski definition) is 1. The first-order valence-electron chi connectivity index (χ1n) is 9.68. The van der Waals surface area contributed by atoms with Crippen LogP contribution in [0, 0.1) is 0 Å². The van der Waals surface area contributed by atoms with Gasteiger partial charge in [0.2, 0.25) is 5.89 Å².